The fourth-order valence-electron chi connectivity index (χ4n) is 2.81. The van der Waals surface area contributed by atoms with Gasteiger partial charge in [-0.05, 0) is 33.1 Å². The van der Waals surface area contributed by atoms with Gasteiger partial charge in [-0.15, -0.1) is 0 Å². The van der Waals surface area contributed by atoms with E-state index in [-0.39, 0.29) is 12.5 Å². The molecule has 0 bridgehead atoms. The average Bonchev–Trinajstić information content (AvgIpc) is 2.57. The monoisotopic (exact) mass is 327 g/mol. The van der Waals surface area contributed by atoms with Crippen molar-refractivity contribution < 1.29 is 14.4 Å². The number of quaternary nitrogens is 1. The van der Waals surface area contributed by atoms with Crippen LogP contribution in [0.1, 0.15) is 59.3 Å². The summed E-state index contributed by atoms with van der Waals surface area (Å²) in [4.78, 5) is 14.0. The Morgan fingerprint density at radius 2 is 1.70 bits per heavy atom. The van der Waals surface area contributed by atoms with Crippen molar-refractivity contribution in [3.05, 3.63) is 12.2 Å². The van der Waals surface area contributed by atoms with Gasteiger partial charge in [0, 0.05) is 13.5 Å². The van der Waals surface area contributed by atoms with Crippen LogP contribution in [0.5, 0.6) is 0 Å². The van der Waals surface area contributed by atoms with Crippen LogP contribution in [0.25, 0.3) is 0 Å². The normalized spacial score (nSPS) is 12.0. The predicted molar refractivity (Wildman–Crippen MR) is 98.3 cm³/mol. The minimum atomic E-state index is 0.210. The second-order valence-electron chi connectivity index (χ2n) is 6.47. The molecule has 0 atom stereocenters. The van der Waals surface area contributed by atoms with Crippen molar-refractivity contribution in [3.63, 3.8) is 0 Å². The Balaban J connectivity index is 4.05. The molecule has 136 valence electrons. The summed E-state index contributed by atoms with van der Waals surface area (Å²) in [5, 5.41) is 9.26. The number of hydrogen-bond donors (Lipinski definition) is 1. The molecule has 0 aromatic heterocycles. The minimum absolute atomic E-state index is 0.210. The number of rotatable bonds is 14. The maximum Gasteiger partial charge on any atom is 0.222 e. The predicted octanol–water partition coefficient (Wildman–Crippen LogP) is 3.21. The van der Waals surface area contributed by atoms with Gasteiger partial charge in [0.05, 0.1) is 32.8 Å². The SMILES string of the molecule is CCCCC/C=C/CCC(=O)N(C)CC[N+](CC)(CC)CCO. The Bertz CT molecular complexity index is 325. The zero-order valence-corrected chi connectivity index (χ0v) is 15.9. The van der Waals surface area contributed by atoms with E-state index in [0.717, 1.165) is 50.0 Å². The van der Waals surface area contributed by atoms with E-state index in [1.807, 2.05) is 11.9 Å². The summed E-state index contributed by atoms with van der Waals surface area (Å²) in [5.74, 6) is 0.220. The van der Waals surface area contributed by atoms with Gasteiger partial charge in [0.25, 0.3) is 0 Å². The Morgan fingerprint density at radius 1 is 1.04 bits per heavy atom. The standard InChI is InChI=1S/C19H39N2O2/c1-5-8-9-10-11-12-13-14-19(23)20(4)15-16-21(6-2,7-3)17-18-22/h11-12,22H,5-10,13-18H2,1-4H3/q+1/b12-11+. The van der Waals surface area contributed by atoms with Gasteiger partial charge in [0.1, 0.15) is 6.54 Å². The van der Waals surface area contributed by atoms with Gasteiger partial charge in [-0.2, -0.15) is 0 Å². The molecular formula is C19H39N2O2+. The Labute approximate surface area is 143 Å². The first-order valence-electron chi connectivity index (χ1n) is 9.40. The Hall–Kier alpha value is -0.870. The summed E-state index contributed by atoms with van der Waals surface area (Å²) in [6.07, 6.45) is 10.7. The maximum absolute atomic E-state index is 12.2. The van der Waals surface area contributed by atoms with Gasteiger partial charge in [-0.25, -0.2) is 0 Å². The van der Waals surface area contributed by atoms with Gasteiger partial charge in [-0.3, -0.25) is 4.79 Å². The van der Waals surface area contributed by atoms with E-state index in [9.17, 15) is 9.90 Å². The molecule has 23 heavy (non-hydrogen) atoms. The van der Waals surface area contributed by atoms with Crippen molar-refractivity contribution in [2.75, 3.05) is 46.4 Å². The van der Waals surface area contributed by atoms with Gasteiger partial charge in [-0.1, -0.05) is 31.9 Å². The van der Waals surface area contributed by atoms with Gasteiger partial charge in [0.2, 0.25) is 5.91 Å². The van der Waals surface area contributed by atoms with Gasteiger partial charge < -0.3 is 14.5 Å². The first-order valence-corrected chi connectivity index (χ1v) is 9.40. The van der Waals surface area contributed by atoms with Crippen molar-refractivity contribution in [1.29, 1.82) is 0 Å². The lowest BCUT2D eigenvalue weighted by atomic mass is 10.2. The quantitative estimate of drug-likeness (QED) is 0.302. The topological polar surface area (TPSA) is 40.5 Å². The molecular weight excluding hydrogens is 288 g/mol. The summed E-state index contributed by atoms with van der Waals surface area (Å²) < 4.78 is 0.880. The van der Waals surface area contributed by atoms with E-state index in [0.29, 0.717) is 6.42 Å². The lowest BCUT2D eigenvalue weighted by Crippen LogP contribution is -2.53. The number of likely N-dealkylation sites (N-methyl/N-ethyl adjacent to an activating group) is 2. The minimum Gasteiger partial charge on any atom is -0.391 e. The van der Waals surface area contributed by atoms with Crippen molar-refractivity contribution in [3.8, 4) is 0 Å². The highest BCUT2D eigenvalue weighted by Crippen LogP contribution is 2.07. The molecule has 0 rings (SSSR count). The third kappa shape index (κ3) is 9.77. The van der Waals surface area contributed by atoms with Crippen LogP contribution in [0.3, 0.4) is 0 Å². The lowest BCUT2D eigenvalue weighted by molar-refractivity contribution is -0.924. The number of nitrogens with zero attached hydrogens (tertiary/aromatic N) is 2. The van der Waals surface area contributed by atoms with Crippen LogP contribution in [-0.2, 0) is 4.79 Å². The van der Waals surface area contributed by atoms with Crippen molar-refractivity contribution in [1.82, 2.24) is 4.90 Å². The number of carbonyl (C=O) groups is 1. The van der Waals surface area contributed by atoms with Crippen molar-refractivity contribution in [2.24, 2.45) is 0 Å². The van der Waals surface area contributed by atoms with E-state index in [1.165, 1.54) is 19.3 Å². The van der Waals surface area contributed by atoms with E-state index in [4.69, 9.17) is 0 Å². The van der Waals surface area contributed by atoms with Crippen LogP contribution in [0.15, 0.2) is 12.2 Å². The summed E-state index contributed by atoms with van der Waals surface area (Å²) >= 11 is 0. The molecule has 0 aromatic rings. The largest absolute Gasteiger partial charge is 0.391 e. The lowest BCUT2D eigenvalue weighted by Gasteiger charge is -2.37. The molecule has 0 radical (unpaired) electrons. The third-order valence-electron chi connectivity index (χ3n) is 4.92. The highest BCUT2D eigenvalue weighted by Gasteiger charge is 2.23. The molecule has 0 aliphatic rings. The molecule has 0 heterocycles. The second kappa shape index (κ2) is 13.6. The number of aliphatic hydroxyl groups is 1. The zero-order valence-electron chi connectivity index (χ0n) is 15.9. The molecule has 0 saturated carbocycles. The molecule has 4 nitrogen and oxygen atoms in total. The third-order valence-corrected chi connectivity index (χ3v) is 4.92. The maximum atomic E-state index is 12.2. The van der Waals surface area contributed by atoms with Crippen molar-refractivity contribution >= 4 is 5.91 Å². The summed E-state index contributed by atoms with van der Waals surface area (Å²) in [6.45, 7) is 11.2. The first-order chi connectivity index (χ1) is 11.0. The van der Waals surface area contributed by atoms with Crippen LogP contribution in [0, 0.1) is 0 Å². The number of aliphatic hydroxyl groups excluding tert-OH is 1. The van der Waals surface area contributed by atoms with Crippen LogP contribution >= 0.6 is 0 Å². The average molecular weight is 328 g/mol. The molecule has 0 unspecified atom stereocenters. The fraction of sp³-hybridized carbons (Fsp3) is 0.842. The highest BCUT2D eigenvalue weighted by atomic mass is 16.3. The molecule has 0 spiro atoms. The van der Waals surface area contributed by atoms with Crippen LogP contribution in [-0.4, -0.2) is 66.8 Å². The summed E-state index contributed by atoms with van der Waals surface area (Å²) in [5.41, 5.74) is 0. The van der Waals surface area contributed by atoms with Gasteiger partial charge >= 0.3 is 0 Å². The van der Waals surface area contributed by atoms with E-state index in [1.54, 1.807) is 0 Å². The molecule has 0 aromatic carbocycles. The second-order valence-corrected chi connectivity index (χ2v) is 6.47. The zero-order chi connectivity index (χ0) is 17.6. The van der Waals surface area contributed by atoms with E-state index in [2.05, 4.69) is 32.9 Å². The molecule has 1 amide bonds. The van der Waals surface area contributed by atoms with Gasteiger partial charge in [0.15, 0.2) is 0 Å². The van der Waals surface area contributed by atoms with E-state index >= 15 is 0 Å². The highest BCUT2D eigenvalue weighted by molar-refractivity contribution is 5.75. The number of carbonyl (C=O) groups excluding carboxylic acids is 1. The Kier molecular flexibility index (Phi) is 13.0. The molecule has 0 aliphatic heterocycles. The number of amides is 1. The molecule has 4 heteroatoms. The van der Waals surface area contributed by atoms with E-state index < -0.39 is 0 Å². The molecule has 1 N–H and O–H groups in total. The molecule has 0 fully saturated rings. The fourth-order valence-corrected chi connectivity index (χ4v) is 2.81. The molecule has 0 aliphatic carbocycles. The summed E-state index contributed by atoms with van der Waals surface area (Å²) in [7, 11) is 1.90. The Morgan fingerprint density at radius 3 is 2.26 bits per heavy atom. The number of allylic oxidation sites excluding steroid dienone is 2. The summed E-state index contributed by atoms with van der Waals surface area (Å²) in [6, 6.07) is 0. The molecule has 0 saturated heterocycles. The van der Waals surface area contributed by atoms with Crippen LogP contribution in [0.4, 0.5) is 0 Å². The number of unbranched alkanes of at least 4 members (excludes halogenated alkanes) is 3. The van der Waals surface area contributed by atoms with Crippen LogP contribution in [0.2, 0.25) is 0 Å². The number of hydrogen-bond acceptors (Lipinski definition) is 2. The van der Waals surface area contributed by atoms with Crippen molar-refractivity contribution in [2.45, 2.75) is 59.3 Å². The van der Waals surface area contributed by atoms with Crippen LogP contribution < -0.4 is 0 Å². The smallest absolute Gasteiger partial charge is 0.222 e. The first kappa shape index (κ1) is 22.1.